The van der Waals surface area contributed by atoms with Gasteiger partial charge in [-0.1, -0.05) is 30.5 Å². The Kier molecular flexibility index (Phi) is 6.20. The molecule has 1 aliphatic rings. The maximum atomic E-state index is 12.1. The summed E-state index contributed by atoms with van der Waals surface area (Å²) in [6.45, 7) is -0.157. The third-order valence-electron chi connectivity index (χ3n) is 4.46. The zero-order chi connectivity index (χ0) is 19.9. The van der Waals surface area contributed by atoms with E-state index in [1.54, 1.807) is 24.3 Å². The van der Waals surface area contributed by atoms with Crippen LogP contribution in [0.25, 0.3) is 5.69 Å². The maximum absolute atomic E-state index is 12.1. The molecular formula is C18H22N6O4. The first-order chi connectivity index (χ1) is 13.5. The molecule has 1 fully saturated rings. The molecule has 0 atom stereocenters. The second-order valence-corrected chi connectivity index (χ2v) is 6.61. The zero-order valence-electron chi connectivity index (χ0n) is 15.2. The lowest BCUT2D eigenvalue weighted by Gasteiger charge is -2.22. The Labute approximate surface area is 161 Å². The van der Waals surface area contributed by atoms with Crippen LogP contribution in [0.4, 0.5) is 10.5 Å². The van der Waals surface area contributed by atoms with Gasteiger partial charge in [0.15, 0.2) is 5.69 Å². The summed E-state index contributed by atoms with van der Waals surface area (Å²) in [6, 6.07) is 6.52. The number of carbonyl (C=O) groups excluding carboxylic acids is 2. The largest absolute Gasteiger partial charge is 0.476 e. The van der Waals surface area contributed by atoms with Crippen molar-refractivity contribution < 1.29 is 19.5 Å². The molecule has 0 bridgehead atoms. The number of hydrogen-bond donors (Lipinski definition) is 4. The first kappa shape index (κ1) is 19.3. The minimum absolute atomic E-state index is 0.157. The summed E-state index contributed by atoms with van der Waals surface area (Å²) in [5, 5.41) is 24.3. The Balaban J connectivity index is 1.51. The number of carboxylic acids is 1. The van der Waals surface area contributed by atoms with Crippen LogP contribution in [-0.4, -0.2) is 50.6 Å². The van der Waals surface area contributed by atoms with Gasteiger partial charge < -0.3 is 21.1 Å². The highest BCUT2D eigenvalue weighted by Gasteiger charge is 2.16. The Morgan fingerprint density at radius 3 is 2.68 bits per heavy atom. The number of aromatic carboxylic acids is 1. The molecule has 1 aromatic carbocycles. The number of rotatable bonds is 6. The molecule has 1 heterocycles. The molecule has 10 heteroatoms. The number of nitrogens with zero attached hydrogens (tertiary/aromatic N) is 3. The number of carbonyl (C=O) groups is 3. The molecule has 4 N–H and O–H groups in total. The second-order valence-electron chi connectivity index (χ2n) is 6.61. The van der Waals surface area contributed by atoms with E-state index in [-0.39, 0.29) is 30.2 Å². The highest BCUT2D eigenvalue weighted by Crippen LogP contribution is 2.17. The number of carboxylic acid groups (broad SMARTS) is 1. The lowest BCUT2D eigenvalue weighted by atomic mass is 9.96. The first-order valence-electron chi connectivity index (χ1n) is 9.11. The Hall–Kier alpha value is -3.43. The van der Waals surface area contributed by atoms with Gasteiger partial charge in [-0.3, -0.25) is 4.79 Å². The molecule has 2 aromatic rings. The average Bonchev–Trinajstić information content (AvgIpc) is 3.18. The standard InChI is InChI=1S/C18H22N6O4/c25-16(10-19-18(28)21-12-5-2-1-3-6-12)20-13-7-4-8-14(9-13)24-11-15(17(26)27)22-23-24/h4,7-9,11-12H,1-3,5-6,10H2,(H,20,25)(H,26,27)(H2,19,21,28). The van der Waals surface area contributed by atoms with E-state index in [2.05, 4.69) is 26.3 Å². The molecule has 0 radical (unpaired) electrons. The minimum Gasteiger partial charge on any atom is -0.476 e. The number of amides is 3. The van der Waals surface area contributed by atoms with Crippen molar-refractivity contribution in [3.05, 3.63) is 36.2 Å². The third kappa shape index (κ3) is 5.29. The highest BCUT2D eigenvalue weighted by molar-refractivity contribution is 5.94. The van der Waals surface area contributed by atoms with Gasteiger partial charge >= 0.3 is 12.0 Å². The normalized spacial score (nSPS) is 14.3. The molecule has 28 heavy (non-hydrogen) atoms. The fourth-order valence-electron chi connectivity index (χ4n) is 3.06. The van der Waals surface area contributed by atoms with Gasteiger partial charge in [-0.2, -0.15) is 0 Å². The van der Waals surface area contributed by atoms with Crippen LogP contribution in [-0.2, 0) is 4.79 Å². The SMILES string of the molecule is O=C(CNC(=O)NC1CCCCC1)Nc1cccc(-n2cc(C(=O)O)nn2)c1. The topological polar surface area (TPSA) is 138 Å². The maximum Gasteiger partial charge on any atom is 0.358 e. The summed E-state index contributed by atoms with van der Waals surface area (Å²) >= 11 is 0. The Bertz CT molecular complexity index is 859. The molecule has 10 nitrogen and oxygen atoms in total. The molecule has 0 saturated heterocycles. The van der Waals surface area contributed by atoms with Gasteiger partial charge in [0.25, 0.3) is 0 Å². The Morgan fingerprint density at radius 2 is 1.96 bits per heavy atom. The number of nitrogens with one attached hydrogen (secondary N) is 3. The highest BCUT2D eigenvalue weighted by atomic mass is 16.4. The van der Waals surface area contributed by atoms with E-state index in [0.717, 1.165) is 25.7 Å². The first-order valence-corrected chi connectivity index (χ1v) is 9.11. The van der Waals surface area contributed by atoms with Gasteiger partial charge in [0.2, 0.25) is 5.91 Å². The molecule has 1 aromatic heterocycles. The number of anilines is 1. The molecule has 3 rings (SSSR count). The fourth-order valence-corrected chi connectivity index (χ4v) is 3.06. The summed E-state index contributed by atoms with van der Waals surface area (Å²) in [6.07, 6.45) is 6.65. The summed E-state index contributed by atoms with van der Waals surface area (Å²) in [4.78, 5) is 34.9. The lowest BCUT2D eigenvalue weighted by molar-refractivity contribution is -0.115. The predicted octanol–water partition coefficient (Wildman–Crippen LogP) is 1.54. The van der Waals surface area contributed by atoms with Gasteiger partial charge in [-0.05, 0) is 31.0 Å². The van der Waals surface area contributed by atoms with Crippen molar-refractivity contribution in [2.24, 2.45) is 0 Å². The molecule has 0 spiro atoms. The van der Waals surface area contributed by atoms with Crippen LogP contribution in [0.5, 0.6) is 0 Å². The monoisotopic (exact) mass is 386 g/mol. The van der Waals surface area contributed by atoms with Crippen molar-refractivity contribution >= 4 is 23.6 Å². The summed E-state index contributed by atoms with van der Waals surface area (Å²) in [7, 11) is 0. The van der Waals surface area contributed by atoms with Crippen LogP contribution < -0.4 is 16.0 Å². The molecule has 3 amide bonds. The van der Waals surface area contributed by atoms with Crippen LogP contribution in [0.15, 0.2) is 30.5 Å². The summed E-state index contributed by atoms with van der Waals surface area (Å²) < 4.78 is 1.30. The van der Waals surface area contributed by atoms with E-state index < -0.39 is 5.97 Å². The van der Waals surface area contributed by atoms with Gasteiger partial charge in [0.05, 0.1) is 18.4 Å². The van der Waals surface area contributed by atoms with Gasteiger partial charge in [0.1, 0.15) is 0 Å². The smallest absolute Gasteiger partial charge is 0.358 e. The molecule has 0 unspecified atom stereocenters. The number of benzene rings is 1. The van der Waals surface area contributed by atoms with Crippen molar-refractivity contribution in [3.8, 4) is 5.69 Å². The van der Waals surface area contributed by atoms with Crippen molar-refractivity contribution in [3.63, 3.8) is 0 Å². The minimum atomic E-state index is -1.17. The molecule has 148 valence electrons. The van der Waals surface area contributed by atoms with E-state index in [4.69, 9.17) is 5.11 Å². The lowest BCUT2D eigenvalue weighted by Crippen LogP contribution is -2.45. The van der Waals surface area contributed by atoms with Gasteiger partial charge in [-0.25, -0.2) is 14.3 Å². The Morgan fingerprint density at radius 1 is 1.18 bits per heavy atom. The summed E-state index contributed by atoms with van der Waals surface area (Å²) in [5.41, 5.74) is 0.854. The average molecular weight is 386 g/mol. The third-order valence-corrected chi connectivity index (χ3v) is 4.46. The second kappa shape index (κ2) is 8.98. The van der Waals surface area contributed by atoms with Crippen molar-refractivity contribution in [1.82, 2.24) is 25.6 Å². The van der Waals surface area contributed by atoms with Crippen molar-refractivity contribution in [2.75, 3.05) is 11.9 Å². The molecule has 1 aliphatic carbocycles. The number of urea groups is 1. The van der Waals surface area contributed by atoms with Crippen LogP contribution in [0, 0.1) is 0 Å². The van der Waals surface area contributed by atoms with Crippen molar-refractivity contribution in [1.29, 1.82) is 0 Å². The zero-order valence-corrected chi connectivity index (χ0v) is 15.2. The van der Waals surface area contributed by atoms with Crippen LogP contribution in [0.1, 0.15) is 42.6 Å². The van der Waals surface area contributed by atoms with E-state index >= 15 is 0 Å². The quantitative estimate of drug-likeness (QED) is 0.594. The van der Waals surface area contributed by atoms with Crippen LogP contribution >= 0.6 is 0 Å². The van der Waals surface area contributed by atoms with Crippen LogP contribution in [0.2, 0.25) is 0 Å². The fraction of sp³-hybridized carbons (Fsp3) is 0.389. The van der Waals surface area contributed by atoms with Crippen molar-refractivity contribution in [2.45, 2.75) is 38.1 Å². The molecule has 1 saturated carbocycles. The van der Waals surface area contributed by atoms with E-state index in [9.17, 15) is 14.4 Å². The van der Waals surface area contributed by atoms with E-state index in [0.29, 0.717) is 11.4 Å². The molecular weight excluding hydrogens is 364 g/mol. The number of aromatic nitrogens is 3. The van der Waals surface area contributed by atoms with E-state index in [1.807, 2.05) is 0 Å². The van der Waals surface area contributed by atoms with Gasteiger partial charge in [-0.15, -0.1) is 5.10 Å². The summed E-state index contributed by atoms with van der Waals surface area (Å²) in [5.74, 6) is -1.55. The number of hydrogen-bond acceptors (Lipinski definition) is 5. The predicted molar refractivity (Wildman–Crippen MR) is 100 cm³/mol. The van der Waals surface area contributed by atoms with E-state index in [1.165, 1.54) is 17.3 Å². The van der Waals surface area contributed by atoms with Crippen LogP contribution in [0.3, 0.4) is 0 Å². The van der Waals surface area contributed by atoms with Gasteiger partial charge in [0, 0.05) is 11.7 Å². The molecule has 0 aliphatic heterocycles.